The number of halogens is 2. The topological polar surface area (TPSA) is 38.0 Å². The Hall–Kier alpha value is -0.640. The number of nitrogens with two attached hydrogens (primary N) is 1. The van der Waals surface area contributed by atoms with Gasteiger partial charge in [0.05, 0.1) is 5.02 Å². The van der Waals surface area contributed by atoms with Crippen LogP contribution >= 0.6 is 11.6 Å². The van der Waals surface area contributed by atoms with Crippen molar-refractivity contribution in [1.82, 2.24) is 5.43 Å². The molecule has 3 N–H and O–H groups in total. The smallest absolute Gasteiger partial charge is 0.142 e. The van der Waals surface area contributed by atoms with Gasteiger partial charge in [-0.15, -0.1) is 0 Å². The highest BCUT2D eigenvalue weighted by Crippen LogP contribution is 2.26. The van der Waals surface area contributed by atoms with Crippen LogP contribution in [0.2, 0.25) is 5.02 Å². The van der Waals surface area contributed by atoms with Crippen LogP contribution in [0, 0.1) is 11.2 Å². The number of hydrazine groups is 1. The van der Waals surface area contributed by atoms with E-state index in [9.17, 15) is 4.39 Å². The molecular weight excluding hydrogens is 227 g/mol. The molecule has 0 aliphatic carbocycles. The van der Waals surface area contributed by atoms with Gasteiger partial charge in [-0.25, -0.2) is 4.39 Å². The van der Waals surface area contributed by atoms with Crippen molar-refractivity contribution >= 4 is 11.6 Å². The van der Waals surface area contributed by atoms with Crippen molar-refractivity contribution in [3.05, 3.63) is 34.6 Å². The van der Waals surface area contributed by atoms with Crippen LogP contribution in [-0.4, -0.2) is 6.04 Å². The Morgan fingerprint density at radius 2 is 2.06 bits per heavy atom. The van der Waals surface area contributed by atoms with E-state index in [1.54, 1.807) is 6.07 Å². The van der Waals surface area contributed by atoms with E-state index < -0.39 is 0 Å². The van der Waals surface area contributed by atoms with Gasteiger partial charge in [0.1, 0.15) is 5.82 Å². The summed E-state index contributed by atoms with van der Waals surface area (Å²) < 4.78 is 13.2. The predicted molar refractivity (Wildman–Crippen MR) is 65.7 cm³/mol. The molecule has 16 heavy (non-hydrogen) atoms. The molecule has 1 atom stereocenters. The zero-order valence-corrected chi connectivity index (χ0v) is 10.6. The van der Waals surface area contributed by atoms with Crippen molar-refractivity contribution in [2.24, 2.45) is 11.3 Å². The lowest BCUT2D eigenvalue weighted by molar-refractivity contribution is 0.268. The van der Waals surface area contributed by atoms with Gasteiger partial charge < -0.3 is 0 Å². The third-order valence-electron chi connectivity index (χ3n) is 2.70. The van der Waals surface area contributed by atoms with Crippen LogP contribution < -0.4 is 11.3 Å². The van der Waals surface area contributed by atoms with Gasteiger partial charge in [-0.05, 0) is 23.5 Å². The molecule has 0 radical (unpaired) electrons. The Morgan fingerprint density at radius 1 is 1.44 bits per heavy atom. The number of hydrogen-bond acceptors (Lipinski definition) is 2. The lowest BCUT2D eigenvalue weighted by Crippen LogP contribution is -2.45. The minimum atomic E-state index is -0.385. The van der Waals surface area contributed by atoms with Crippen molar-refractivity contribution < 1.29 is 4.39 Å². The zero-order chi connectivity index (χ0) is 12.3. The molecule has 0 fully saturated rings. The maximum atomic E-state index is 13.2. The van der Waals surface area contributed by atoms with Gasteiger partial charge in [-0.1, -0.05) is 44.5 Å². The van der Waals surface area contributed by atoms with Crippen molar-refractivity contribution in [2.45, 2.75) is 33.2 Å². The normalized spacial score (nSPS) is 13.9. The SMILES string of the molecule is CC(C)(C)C(Cc1cccc(F)c1Cl)NN. The summed E-state index contributed by atoms with van der Waals surface area (Å²) in [6, 6.07) is 4.88. The molecule has 2 nitrogen and oxygen atoms in total. The average Bonchev–Trinajstić information content (AvgIpc) is 2.18. The number of benzene rings is 1. The van der Waals surface area contributed by atoms with Gasteiger partial charge in [0.15, 0.2) is 0 Å². The highest BCUT2D eigenvalue weighted by atomic mass is 35.5. The molecule has 0 heterocycles. The molecule has 90 valence electrons. The highest BCUT2D eigenvalue weighted by molar-refractivity contribution is 6.31. The fourth-order valence-corrected chi connectivity index (χ4v) is 1.74. The summed E-state index contributed by atoms with van der Waals surface area (Å²) in [4.78, 5) is 0. The summed E-state index contributed by atoms with van der Waals surface area (Å²) in [7, 11) is 0. The molecule has 0 amide bonds. The molecule has 1 aromatic carbocycles. The summed E-state index contributed by atoms with van der Waals surface area (Å²) in [5, 5.41) is 0.187. The number of rotatable bonds is 3. The molecule has 1 aromatic rings. The Bertz CT molecular complexity index is 361. The molecule has 4 heteroatoms. The van der Waals surface area contributed by atoms with Gasteiger partial charge in [0.2, 0.25) is 0 Å². The van der Waals surface area contributed by atoms with Gasteiger partial charge in [0, 0.05) is 6.04 Å². The van der Waals surface area contributed by atoms with Crippen LogP contribution in [-0.2, 0) is 6.42 Å². The minimum Gasteiger partial charge on any atom is -0.271 e. The van der Waals surface area contributed by atoms with Gasteiger partial charge in [0.25, 0.3) is 0 Å². The van der Waals surface area contributed by atoms with Crippen molar-refractivity contribution in [3.63, 3.8) is 0 Å². The molecule has 0 aliphatic rings. The summed E-state index contributed by atoms with van der Waals surface area (Å²) >= 11 is 5.90. The molecule has 1 unspecified atom stereocenters. The lowest BCUT2D eigenvalue weighted by atomic mass is 9.83. The molecule has 0 aliphatic heterocycles. The van der Waals surface area contributed by atoms with Crippen LogP contribution in [0.15, 0.2) is 18.2 Å². The van der Waals surface area contributed by atoms with Crippen LogP contribution in [0.4, 0.5) is 4.39 Å². The Morgan fingerprint density at radius 3 is 2.56 bits per heavy atom. The van der Waals surface area contributed by atoms with Crippen LogP contribution in [0.3, 0.4) is 0 Å². The second-order valence-electron chi connectivity index (χ2n) is 5.00. The molecule has 0 bridgehead atoms. The van der Waals surface area contributed by atoms with E-state index in [1.807, 2.05) is 6.07 Å². The quantitative estimate of drug-likeness (QED) is 0.634. The first-order chi connectivity index (χ1) is 7.36. The van der Waals surface area contributed by atoms with Crippen LogP contribution in [0.25, 0.3) is 0 Å². The fourth-order valence-electron chi connectivity index (χ4n) is 1.54. The third-order valence-corrected chi connectivity index (χ3v) is 3.13. The minimum absolute atomic E-state index is 0.00953. The number of hydrogen-bond donors (Lipinski definition) is 2. The predicted octanol–water partition coefficient (Wildman–Crippen LogP) is 2.90. The van der Waals surface area contributed by atoms with E-state index in [0.29, 0.717) is 6.42 Å². The highest BCUT2D eigenvalue weighted by Gasteiger charge is 2.24. The summed E-state index contributed by atoms with van der Waals surface area (Å²) in [5.41, 5.74) is 3.52. The molecule has 0 spiro atoms. The summed E-state index contributed by atoms with van der Waals surface area (Å²) in [5.74, 6) is 5.12. The Labute approximate surface area is 101 Å². The second-order valence-corrected chi connectivity index (χ2v) is 5.38. The first-order valence-corrected chi connectivity index (χ1v) is 5.63. The Kier molecular flexibility index (Phi) is 4.30. The molecule has 1 rings (SSSR count). The van der Waals surface area contributed by atoms with Crippen LogP contribution in [0.1, 0.15) is 26.3 Å². The number of nitrogens with one attached hydrogen (secondary N) is 1. The molecule has 0 saturated carbocycles. The molecular formula is C12H18ClFN2. The largest absolute Gasteiger partial charge is 0.271 e. The fraction of sp³-hybridized carbons (Fsp3) is 0.500. The maximum Gasteiger partial charge on any atom is 0.142 e. The average molecular weight is 245 g/mol. The van der Waals surface area contributed by atoms with Crippen molar-refractivity contribution in [3.8, 4) is 0 Å². The van der Waals surface area contributed by atoms with E-state index in [2.05, 4.69) is 26.2 Å². The second kappa shape index (κ2) is 5.13. The maximum absolute atomic E-state index is 13.2. The molecule has 0 saturated heterocycles. The van der Waals surface area contributed by atoms with E-state index in [0.717, 1.165) is 5.56 Å². The van der Waals surface area contributed by atoms with E-state index in [4.69, 9.17) is 17.4 Å². The van der Waals surface area contributed by atoms with Crippen molar-refractivity contribution in [2.75, 3.05) is 0 Å². The van der Waals surface area contributed by atoms with Gasteiger partial charge in [-0.2, -0.15) is 0 Å². The first kappa shape index (κ1) is 13.4. The Balaban J connectivity index is 2.91. The summed E-state index contributed by atoms with van der Waals surface area (Å²) in [6.07, 6.45) is 0.608. The van der Waals surface area contributed by atoms with E-state index >= 15 is 0 Å². The standard InChI is InChI=1S/C12H18ClFN2/c1-12(2,3)10(16-15)7-8-5-4-6-9(14)11(8)13/h4-6,10,16H,7,15H2,1-3H3. The zero-order valence-electron chi connectivity index (χ0n) is 9.85. The van der Waals surface area contributed by atoms with Crippen LogP contribution in [0.5, 0.6) is 0 Å². The summed E-state index contributed by atoms with van der Waals surface area (Å²) in [6.45, 7) is 6.22. The first-order valence-electron chi connectivity index (χ1n) is 5.25. The molecule has 0 aromatic heterocycles. The van der Waals surface area contributed by atoms with Gasteiger partial charge >= 0.3 is 0 Å². The van der Waals surface area contributed by atoms with Gasteiger partial charge in [-0.3, -0.25) is 11.3 Å². The van der Waals surface area contributed by atoms with E-state index in [-0.39, 0.29) is 22.3 Å². The van der Waals surface area contributed by atoms with E-state index in [1.165, 1.54) is 6.07 Å². The third kappa shape index (κ3) is 3.17. The monoisotopic (exact) mass is 244 g/mol. The lowest BCUT2D eigenvalue weighted by Gasteiger charge is -2.30. The van der Waals surface area contributed by atoms with Crippen molar-refractivity contribution in [1.29, 1.82) is 0 Å².